The Hall–Kier alpha value is -3.08. The van der Waals surface area contributed by atoms with Gasteiger partial charge in [0, 0.05) is 67.8 Å². The summed E-state index contributed by atoms with van der Waals surface area (Å²) in [6, 6.07) is 10.2. The monoisotopic (exact) mass is 476 g/mol. The maximum atomic E-state index is 5.95. The number of benzene rings is 1. The first-order valence-corrected chi connectivity index (χ1v) is 12.3. The van der Waals surface area contributed by atoms with Gasteiger partial charge in [-0.3, -0.25) is 9.47 Å². The van der Waals surface area contributed by atoms with Crippen molar-refractivity contribution < 1.29 is 4.74 Å². The van der Waals surface area contributed by atoms with Gasteiger partial charge in [-0.25, -0.2) is 14.6 Å². The number of aromatic amines is 1. The summed E-state index contributed by atoms with van der Waals surface area (Å²) < 4.78 is 10.8. The summed E-state index contributed by atoms with van der Waals surface area (Å²) in [6.45, 7) is 5.78. The molecule has 2 fully saturated rings. The van der Waals surface area contributed by atoms with Gasteiger partial charge < -0.3 is 14.6 Å². The van der Waals surface area contributed by atoms with Crippen LogP contribution in [0.1, 0.15) is 12.8 Å². The molecule has 2 aliphatic heterocycles. The zero-order valence-electron chi connectivity index (χ0n) is 19.0. The van der Waals surface area contributed by atoms with Crippen molar-refractivity contribution in [2.24, 2.45) is 0 Å². The Morgan fingerprint density at radius 3 is 2.68 bits per heavy atom. The minimum Gasteiger partial charge on any atom is -0.376 e. The Bertz CT molecular complexity index is 1320. The second-order valence-corrected chi connectivity index (χ2v) is 9.26. The number of fused-ring (bicyclic) bond motifs is 1. The fraction of sp³-hybridized carbons (Fsp3) is 0.417. The molecule has 2 aliphatic rings. The van der Waals surface area contributed by atoms with Gasteiger partial charge in [-0.1, -0.05) is 18.2 Å². The van der Waals surface area contributed by atoms with Gasteiger partial charge in [0.25, 0.3) is 0 Å². The highest BCUT2D eigenvalue weighted by atomic mass is 32.1. The van der Waals surface area contributed by atoms with Gasteiger partial charge >= 0.3 is 0 Å². The van der Waals surface area contributed by atoms with Gasteiger partial charge in [-0.15, -0.1) is 0 Å². The predicted molar refractivity (Wildman–Crippen MR) is 133 cm³/mol. The third-order valence-electron chi connectivity index (χ3n) is 6.70. The molecule has 4 aromatic rings. The molecule has 34 heavy (non-hydrogen) atoms. The van der Waals surface area contributed by atoms with Gasteiger partial charge in [0.1, 0.15) is 0 Å². The molecule has 0 radical (unpaired) electrons. The Morgan fingerprint density at radius 1 is 1.06 bits per heavy atom. The molecule has 0 aliphatic carbocycles. The average molecular weight is 477 g/mol. The number of H-pyrrole nitrogens is 1. The van der Waals surface area contributed by atoms with E-state index in [4.69, 9.17) is 22.1 Å². The molecule has 1 atom stereocenters. The van der Waals surface area contributed by atoms with Crippen LogP contribution >= 0.6 is 12.2 Å². The topological polar surface area (TPSA) is 80.0 Å². The highest BCUT2D eigenvalue weighted by Gasteiger charge is 2.24. The number of hydrogen-bond donors (Lipinski definition) is 1. The maximum Gasteiger partial charge on any atom is 0.225 e. The molecule has 1 unspecified atom stereocenters. The van der Waals surface area contributed by atoms with Crippen molar-refractivity contribution in [2.75, 3.05) is 37.7 Å². The molecule has 0 bridgehead atoms. The standard InChI is InChI=1S/C24H28N8OS/c34-24-31(16-18-5-3-14-33-18)22(20-15-27-21-7-2-1-6-19(20)21)28-32(24)17-29-10-12-30(13-11-29)23-25-8-4-9-26-23/h1-2,4,6-9,15,18,27H,3,5,10-14,16-17H2. The maximum absolute atomic E-state index is 5.95. The number of nitrogens with zero attached hydrogens (tertiary/aromatic N) is 7. The van der Waals surface area contributed by atoms with Gasteiger partial charge in [-0.2, -0.15) is 5.10 Å². The second-order valence-electron chi connectivity index (χ2n) is 8.89. The second kappa shape index (κ2) is 9.28. The predicted octanol–water partition coefficient (Wildman–Crippen LogP) is 3.31. The lowest BCUT2D eigenvalue weighted by Gasteiger charge is -2.34. The van der Waals surface area contributed by atoms with Gasteiger partial charge in [0.15, 0.2) is 10.6 Å². The summed E-state index contributed by atoms with van der Waals surface area (Å²) >= 11 is 5.95. The zero-order valence-corrected chi connectivity index (χ0v) is 19.8. The van der Waals surface area contributed by atoms with E-state index in [9.17, 15) is 0 Å². The van der Waals surface area contributed by atoms with Crippen LogP contribution in [0.15, 0.2) is 48.9 Å². The molecule has 3 aromatic heterocycles. The van der Waals surface area contributed by atoms with E-state index in [1.165, 1.54) is 0 Å². The lowest BCUT2D eigenvalue weighted by molar-refractivity contribution is 0.0966. The third kappa shape index (κ3) is 4.13. The van der Waals surface area contributed by atoms with E-state index in [1.807, 2.05) is 23.0 Å². The van der Waals surface area contributed by atoms with E-state index < -0.39 is 0 Å². The van der Waals surface area contributed by atoms with E-state index in [2.05, 4.69) is 47.5 Å². The fourth-order valence-corrected chi connectivity index (χ4v) is 5.14. The molecule has 1 N–H and O–H groups in total. The van der Waals surface area contributed by atoms with E-state index in [0.29, 0.717) is 6.67 Å². The highest BCUT2D eigenvalue weighted by molar-refractivity contribution is 7.71. The smallest absolute Gasteiger partial charge is 0.225 e. The van der Waals surface area contributed by atoms with Crippen LogP contribution in [0.5, 0.6) is 0 Å². The van der Waals surface area contributed by atoms with Crippen molar-refractivity contribution >= 4 is 29.1 Å². The molecular formula is C24H28N8OS. The number of ether oxygens (including phenoxy) is 1. The molecule has 6 rings (SSSR count). The van der Waals surface area contributed by atoms with Crippen LogP contribution in [-0.4, -0.2) is 73.1 Å². The number of anilines is 1. The first-order valence-electron chi connectivity index (χ1n) is 11.9. The molecule has 176 valence electrons. The third-order valence-corrected chi connectivity index (χ3v) is 7.14. The quantitative estimate of drug-likeness (QED) is 0.428. The van der Waals surface area contributed by atoms with Gasteiger partial charge in [0.2, 0.25) is 5.95 Å². The number of nitrogens with one attached hydrogen (secondary N) is 1. The van der Waals surface area contributed by atoms with Crippen molar-refractivity contribution in [3.8, 4) is 11.4 Å². The SMILES string of the molecule is S=c1n(CN2CCN(c3ncccn3)CC2)nc(-c2c[nH]c3ccccc23)n1CC1CCCO1. The summed E-state index contributed by atoms with van der Waals surface area (Å²) in [7, 11) is 0. The van der Waals surface area contributed by atoms with Crippen LogP contribution < -0.4 is 4.90 Å². The number of para-hydroxylation sites is 1. The fourth-order valence-electron chi connectivity index (χ4n) is 4.88. The molecule has 2 saturated heterocycles. The molecule has 9 nitrogen and oxygen atoms in total. The zero-order chi connectivity index (χ0) is 22.9. The van der Waals surface area contributed by atoms with Crippen molar-refractivity contribution in [2.45, 2.75) is 32.2 Å². The number of piperazine rings is 1. The first-order chi connectivity index (χ1) is 16.8. The summed E-state index contributed by atoms with van der Waals surface area (Å²) in [6.07, 6.45) is 7.97. The van der Waals surface area contributed by atoms with E-state index in [0.717, 1.165) is 85.2 Å². The molecule has 0 amide bonds. The Balaban J connectivity index is 1.27. The summed E-state index contributed by atoms with van der Waals surface area (Å²) in [5.74, 6) is 1.69. The Kier molecular flexibility index (Phi) is 5.86. The van der Waals surface area contributed by atoms with Gasteiger partial charge in [-0.05, 0) is 37.2 Å². The van der Waals surface area contributed by atoms with E-state index in [1.54, 1.807) is 12.4 Å². The van der Waals surface area contributed by atoms with Crippen LogP contribution in [-0.2, 0) is 18.0 Å². The molecule has 10 heteroatoms. The number of rotatable bonds is 6. The van der Waals surface area contributed by atoms with Crippen molar-refractivity contribution in [3.05, 3.63) is 53.7 Å². The van der Waals surface area contributed by atoms with Crippen LogP contribution in [0.2, 0.25) is 0 Å². The van der Waals surface area contributed by atoms with Crippen LogP contribution in [0.4, 0.5) is 5.95 Å². The number of hydrogen-bond acceptors (Lipinski definition) is 7. The van der Waals surface area contributed by atoms with E-state index >= 15 is 0 Å². The molecule has 5 heterocycles. The summed E-state index contributed by atoms with van der Waals surface area (Å²) in [4.78, 5) is 16.8. The van der Waals surface area contributed by atoms with Crippen molar-refractivity contribution in [1.29, 1.82) is 0 Å². The molecule has 0 spiro atoms. The van der Waals surface area contributed by atoms with Crippen molar-refractivity contribution in [1.82, 2.24) is 34.2 Å². The van der Waals surface area contributed by atoms with Crippen LogP contribution in [0.25, 0.3) is 22.3 Å². The van der Waals surface area contributed by atoms with Crippen LogP contribution in [0, 0.1) is 4.77 Å². The lowest BCUT2D eigenvalue weighted by Crippen LogP contribution is -2.47. The Morgan fingerprint density at radius 2 is 1.88 bits per heavy atom. The van der Waals surface area contributed by atoms with Gasteiger partial charge in [0.05, 0.1) is 19.3 Å². The minimum absolute atomic E-state index is 0.183. The van der Waals surface area contributed by atoms with Crippen LogP contribution in [0.3, 0.4) is 0 Å². The minimum atomic E-state index is 0.183. The summed E-state index contributed by atoms with van der Waals surface area (Å²) in [5, 5.41) is 6.19. The van der Waals surface area contributed by atoms with Crippen molar-refractivity contribution in [3.63, 3.8) is 0 Å². The Labute approximate surface area is 203 Å². The van der Waals surface area contributed by atoms with E-state index in [-0.39, 0.29) is 6.10 Å². The molecular weight excluding hydrogens is 448 g/mol. The number of aromatic nitrogens is 6. The molecule has 0 saturated carbocycles. The summed E-state index contributed by atoms with van der Waals surface area (Å²) in [5.41, 5.74) is 2.17. The highest BCUT2D eigenvalue weighted by Crippen LogP contribution is 2.29. The first kappa shape index (κ1) is 21.5. The molecule has 1 aromatic carbocycles. The normalized spacial score (nSPS) is 19.3. The average Bonchev–Trinajstić information content (AvgIpc) is 3.62. The lowest BCUT2D eigenvalue weighted by atomic mass is 10.1. The largest absolute Gasteiger partial charge is 0.376 e.